The first-order valence-corrected chi connectivity index (χ1v) is 10.3. The van der Waals surface area contributed by atoms with E-state index in [1.54, 1.807) is 7.11 Å². The lowest BCUT2D eigenvalue weighted by molar-refractivity contribution is 0.223. The van der Waals surface area contributed by atoms with Crippen LogP contribution in [0.25, 0.3) is 11.3 Å². The van der Waals surface area contributed by atoms with Gasteiger partial charge in [-0.2, -0.15) is 0 Å². The highest BCUT2D eigenvalue weighted by Gasteiger charge is 2.29. The van der Waals surface area contributed by atoms with Gasteiger partial charge in [0.2, 0.25) is 0 Å². The summed E-state index contributed by atoms with van der Waals surface area (Å²) in [7, 11) is 1.59. The second-order valence-electron chi connectivity index (χ2n) is 7.73. The lowest BCUT2D eigenvalue weighted by Crippen LogP contribution is -2.35. The quantitative estimate of drug-likeness (QED) is 0.683. The molecular formula is C22H22ClN3O3. The van der Waals surface area contributed by atoms with Gasteiger partial charge < -0.3 is 14.1 Å². The van der Waals surface area contributed by atoms with E-state index >= 15 is 0 Å². The summed E-state index contributed by atoms with van der Waals surface area (Å²) in [4.78, 5) is 22.4. The van der Waals surface area contributed by atoms with E-state index in [0.29, 0.717) is 29.8 Å². The predicted octanol–water partition coefficient (Wildman–Crippen LogP) is 4.13. The van der Waals surface area contributed by atoms with E-state index in [1.165, 1.54) is 0 Å². The molecule has 3 heterocycles. The lowest BCUT2D eigenvalue weighted by atomic mass is 10.1. The number of halogens is 1. The van der Waals surface area contributed by atoms with Gasteiger partial charge in [-0.3, -0.25) is 9.69 Å². The normalized spacial score (nSPS) is 16.6. The lowest BCUT2D eigenvalue weighted by Gasteiger charge is -2.26. The average Bonchev–Trinajstić information content (AvgIpc) is 3.47. The van der Waals surface area contributed by atoms with E-state index in [9.17, 15) is 4.79 Å². The number of nitrogens with one attached hydrogen (secondary N) is 1. The second-order valence-corrected chi connectivity index (χ2v) is 8.13. The van der Waals surface area contributed by atoms with E-state index < -0.39 is 0 Å². The summed E-state index contributed by atoms with van der Waals surface area (Å²) in [6, 6.07) is 9.51. The Morgan fingerprint density at radius 2 is 2.17 bits per heavy atom. The van der Waals surface area contributed by atoms with Crippen LogP contribution in [0.2, 0.25) is 5.02 Å². The molecule has 0 unspecified atom stereocenters. The van der Waals surface area contributed by atoms with E-state index in [4.69, 9.17) is 25.7 Å². The van der Waals surface area contributed by atoms with E-state index in [0.717, 1.165) is 60.0 Å². The number of H-pyrrole nitrogens is 1. The van der Waals surface area contributed by atoms with Gasteiger partial charge in [0.05, 0.1) is 29.9 Å². The van der Waals surface area contributed by atoms with Gasteiger partial charge in [0.25, 0.3) is 5.56 Å². The van der Waals surface area contributed by atoms with Crippen molar-refractivity contribution >= 4 is 11.6 Å². The third kappa shape index (κ3) is 3.70. The average molecular weight is 412 g/mol. The first kappa shape index (κ1) is 18.5. The standard InChI is InChI=1S/C22H22ClN3O3/c1-28-20-6-4-14(10-17(20)23)19-7-5-15(29-19)11-26-9-8-18-16(12-26)22(27)25-21(24-18)13-2-3-13/h4-7,10,13H,2-3,8-9,11-12H2,1H3,(H,24,25,27). The van der Waals surface area contributed by atoms with Crippen molar-refractivity contribution in [1.82, 2.24) is 14.9 Å². The van der Waals surface area contributed by atoms with Gasteiger partial charge in [-0.05, 0) is 43.2 Å². The van der Waals surface area contributed by atoms with Gasteiger partial charge in [-0.1, -0.05) is 11.6 Å². The number of aromatic amines is 1. The molecule has 1 saturated carbocycles. The first-order valence-electron chi connectivity index (χ1n) is 9.87. The molecule has 2 aliphatic rings. The molecule has 1 N–H and O–H groups in total. The van der Waals surface area contributed by atoms with E-state index in [2.05, 4.69) is 9.88 Å². The Morgan fingerprint density at radius 3 is 2.93 bits per heavy atom. The summed E-state index contributed by atoms with van der Waals surface area (Å²) >= 11 is 6.23. The number of ether oxygens (including phenoxy) is 1. The monoisotopic (exact) mass is 411 g/mol. The van der Waals surface area contributed by atoms with Crippen molar-refractivity contribution in [3.05, 3.63) is 68.6 Å². The van der Waals surface area contributed by atoms with Crippen LogP contribution < -0.4 is 10.3 Å². The summed E-state index contributed by atoms with van der Waals surface area (Å²) in [6.45, 7) is 2.10. The number of fused-ring (bicyclic) bond motifs is 1. The molecule has 1 aliphatic heterocycles. The molecule has 5 rings (SSSR count). The largest absolute Gasteiger partial charge is 0.495 e. The molecule has 0 bridgehead atoms. The minimum Gasteiger partial charge on any atom is -0.495 e. The van der Waals surface area contributed by atoms with Crippen LogP contribution in [0.4, 0.5) is 0 Å². The molecule has 3 aromatic rings. The highest BCUT2D eigenvalue weighted by atomic mass is 35.5. The van der Waals surface area contributed by atoms with Crippen molar-refractivity contribution in [2.45, 2.75) is 38.3 Å². The van der Waals surface area contributed by atoms with Crippen LogP contribution in [0.15, 0.2) is 39.5 Å². The number of rotatable bonds is 5. The fourth-order valence-electron chi connectivity index (χ4n) is 3.84. The Morgan fingerprint density at radius 1 is 1.31 bits per heavy atom. The molecule has 1 aliphatic carbocycles. The van der Waals surface area contributed by atoms with Gasteiger partial charge in [-0.25, -0.2) is 4.98 Å². The number of nitrogens with zero attached hydrogens (tertiary/aromatic N) is 2. The van der Waals surface area contributed by atoms with Crippen molar-refractivity contribution < 1.29 is 9.15 Å². The first-order chi connectivity index (χ1) is 14.1. The number of aromatic nitrogens is 2. The maximum Gasteiger partial charge on any atom is 0.255 e. The fraction of sp³-hybridized carbons (Fsp3) is 0.364. The van der Waals surface area contributed by atoms with Crippen molar-refractivity contribution in [2.75, 3.05) is 13.7 Å². The number of furan rings is 1. The SMILES string of the molecule is COc1ccc(-c2ccc(CN3CCc4nc(C5CC5)[nH]c(=O)c4C3)o2)cc1Cl. The molecule has 0 atom stereocenters. The molecule has 0 amide bonds. The van der Waals surface area contributed by atoms with Crippen LogP contribution in [0.1, 0.15) is 41.6 Å². The molecule has 150 valence electrons. The minimum atomic E-state index is 0.00890. The van der Waals surface area contributed by atoms with Crippen LogP contribution in [-0.2, 0) is 19.5 Å². The van der Waals surface area contributed by atoms with Crippen LogP contribution in [0.3, 0.4) is 0 Å². The molecule has 2 aromatic heterocycles. The Kier molecular flexibility index (Phi) is 4.68. The highest BCUT2D eigenvalue weighted by molar-refractivity contribution is 6.32. The molecule has 6 nitrogen and oxygen atoms in total. The predicted molar refractivity (Wildman–Crippen MR) is 110 cm³/mol. The number of hydrogen-bond donors (Lipinski definition) is 1. The van der Waals surface area contributed by atoms with Gasteiger partial charge in [0, 0.05) is 31.0 Å². The van der Waals surface area contributed by atoms with Crippen molar-refractivity contribution in [2.24, 2.45) is 0 Å². The molecule has 1 fully saturated rings. The molecule has 0 radical (unpaired) electrons. The molecule has 29 heavy (non-hydrogen) atoms. The zero-order chi connectivity index (χ0) is 20.0. The highest BCUT2D eigenvalue weighted by Crippen LogP contribution is 2.38. The summed E-state index contributed by atoms with van der Waals surface area (Å²) in [5.41, 5.74) is 2.66. The van der Waals surface area contributed by atoms with Crippen LogP contribution >= 0.6 is 11.6 Å². The Balaban J connectivity index is 1.31. The molecular weight excluding hydrogens is 390 g/mol. The maximum atomic E-state index is 12.5. The zero-order valence-electron chi connectivity index (χ0n) is 16.2. The van der Waals surface area contributed by atoms with E-state index in [1.807, 2.05) is 30.3 Å². The van der Waals surface area contributed by atoms with Crippen LogP contribution in [0.5, 0.6) is 5.75 Å². The second kappa shape index (κ2) is 7.35. The zero-order valence-corrected chi connectivity index (χ0v) is 17.0. The molecule has 0 spiro atoms. The summed E-state index contributed by atoms with van der Waals surface area (Å²) < 4.78 is 11.2. The number of methoxy groups -OCH3 is 1. The third-order valence-electron chi connectivity index (χ3n) is 5.61. The minimum absolute atomic E-state index is 0.00890. The van der Waals surface area contributed by atoms with Crippen LogP contribution in [-0.4, -0.2) is 28.5 Å². The topological polar surface area (TPSA) is 71.4 Å². The van der Waals surface area contributed by atoms with Crippen molar-refractivity contribution in [3.8, 4) is 17.1 Å². The Hall–Kier alpha value is -2.57. The van der Waals surface area contributed by atoms with Gasteiger partial charge in [-0.15, -0.1) is 0 Å². The third-order valence-corrected chi connectivity index (χ3v) is 5.90. The van der Waals surface area contributed by atoms with Crippen molar-refractivity contribution in [3.63, 3.8) is 0 Å². The van der Waals surface area contributed by atoms with E-state index in [-0.39, 0.29) is 5.56 Å². The number of hydrogen-bond acceptors (Lipinski definition) is 5. The molecule has 0 saturated heterocycles. The van der Waals surface area contributed by atoms with Crippen molar-refractivity contribution in [1.29, 1.82) is 0 Å². The maximum absolute atomic E-state index is 12.5. The molecule has 1 aromatic carbocycles. The Labute approximate surface area is 173 Å². The molecule has 7 heteroatoms. The smallest absolute Gasteiger partial charge is 0.255 e. The Bertz CT molecular complexity index is 1120. The van der Waals surface area contributed by atoms with Crippen LogP contribution in [0, 0.1) is 0 Å². The summed E-state index contributed by atoms with van der Waals surface area (Å²) in [5.74, 6) is 3.58. The fourth-order valence-corrected chi connectivity index (χ4v) is 4.10. The van der Waals surface area contributed by atoms with Gasteiger partial charge >= 0.3 is 0 Å². The van der Waals surface area contributed by atoms with Gasteiger partial charge in [0.1, 0.15) is 23.1 Å². The summed E-state index contributed by atoms with van der Waals surface area (Å²) in [5, 5.41) is 0.549. The summed E-state index contributed by atoms with van der Waals surface area (Å²) in [6.07, 6.45) is 3.06. The number of benzene rings is 1. The van der Waals surface area contributed by atoms with Gasteiger partial charge in [0.15, 0.2) is 0 Å².